The molecule has 0 amide bonds. The summed E-state index contributed by atoms with van der Waals surface area (Å²) in [6.45, 7) is 4.74. The van der Waals surface area contributed by atoms with Crippen LogP contribution in [0.5, 0.6) is 0 Å². The Balaban J connectivity index is 2.36. The second-order valence-electron chi connectivity index (χ2n) is 3.98. The van der Waals surface area contributed by atoms with Crippen molar-refractivity contribution in [2.75, 3.05) is 5.32 Å². The van der Waals surface area contributed by atoms with Gasteiger partial charge in [-0.05, 0) is 13.8 Å². The van der Waals surface area contributed by atoms with Crippen molar-refractivity contribution in [3.05, 3.63) is 23.5 Å². The number of hydrogen-bond acceptors (Lipinski definition) is 4. The summed E-state index contributed by atoms with van der Waals surface area (Å²) in [5.41, 5.74) is 7.30. The van der Waals surface area contributed by atoms with Gasteiger partial charge < -0.3 is 11.1 Å². The maximum absolute atomic E-state index is 5.73. The quantitative estimate of drug-likeness (QED) is 0.815. The first kappa shape index (κ1) is 12.6. The lowest BCUT2D eigenvalue weighted by atomic mass is 10.2. The van der Waals surface area contributed by atoms with Gasteiger partial charge in [-0.2, -0.15) is 10.2 Å². The normalized spacial score (nSPS) is 10.6. The summed E-state index contributed by atoms with van der Waals surface area (Å²) >= 11 is 5.05. The summed E-state index contributed by atoms with van der Waals surface area (Å²) in [4.78, 5) is 0.332. The largest absolute Gasteiger partial charge is 0.389 e. The average Bonchev–Trinajstić information content (AvgIpc) is 2.85. The highest BCUT2D eigenvalue weighted by Crippen LogP contribution is 2.22. The second-order valence-corrected chi connectivity index (χ2v) is 4.42. The van der Waals surface area contributed by atoms with Gasteiger partial charge in [0.25, 0.3) is 0 Å². The molecule has 0 aliphatic carbocycles. The van der Waals surface area contributed by atoms with Crippen molar-refractivity contribution in [3.63, 3.8) is 0 Å². The Hall–Kier alpha value is -1.89. The topological polar surface area (TPSA) is 73.7 Å². The number of thiocarbonyl (C=S) groups is 1. The van der Waals surface area contributed by atoms with Gasteiger partial charge in [0.2, 0.25) is 0 Å². The van der Waals surface area contributed by atoms with Crippen LogP contribution >= 0.6 is 12.2 Å². The number of anilines is 2. The number of nitrogens with one attached hydrogen (secondary N) is 1. The summed E-state index contributed by atoms with van der Waals surface area (Å²) < 4.78 is 3.56. The molecule has 18 heavy (non-hydrogen) atoms. The molecule has 2 aromatic rings. The first-order chi connectivity index (χ1) is 8.52. The average molecular weight is 264 g/mol. The molecule has 3 N–H and O–H groups in total. The minimum Gasteiger partial charge on any atom is -0.389 e. The van der Waals surface area contributed by atoms with Crippen LogP contribution in [0.3, 0.4) is 0 Å². The lowest BCUT2D eigenvalue weighted by Crippen LogP contribution is -2.13. The monoisotopic (exact) mass is 264 g/mol. The van der Waals surface area contributed by atoms with E-state index in [-0.39, 0.29) is 0 Å². The fourth-order valence-corrected chi connectivity index (χ4v) is 2.07. The zero-order valence-corrected chi connectivity index (χ0v) is 11.5. The molecule has 6 nitrogen and oxygen atoms in total. The number of nitrogens with zero attached hydrogens (tertiary/aromatic N) is 4. The molecule has 0 fully saturated rings. The van der Waals surface area contributed by atoms with Crippen molar-refractivity contribution < 1.29 is 0 Å². The van der Waals surface area contributed by atoms with Gasteiger partial charge in [-0.3, -0.25) is 9.36 Å². The van der Waals surface area contributed by atoms with Gasteiger partial charge in [-0.25, -0.2) is 0 Å². The van der Waals surface area contributed by atoms with Crippen LogP contribution in [0.25, 0.3) is 0 Å². The Kier molecular flexibility index (Phi) is 3.33. The van der Waals surface area contributed by atoms with E-state index < -0.39 is 0 Å². The van der Waals surface area contributed by atoms with Crippen molar-refractivity contribution >= 4 is 28.8 Å². The molecule has 0 saturated carbocycles. The van der Waals surface area contributed by atoms with Crippen molar-refractivity contribution in [1.29, 1.82) is 0 Å². The molecular formula is C11H16N6S. The molecule has 0 spiro atoms. The van der Waals surface area contributed by atoms with E-state index in [9.17, 15) is 0 Å². The zero-order valence-electron chi connectivity index (χ0n) is 10.6. The third-order valence-electron chi connectivity index (χ3n) is 2.68. The molecule has 0 bridgehead atoms. The van der Waals surface area contributed by atoms with Gasteiger partial charge in [0.05, 0.1) is 11.3 Å². The van der Waals surface area contributed by atoms with E-state index in [1.807, 2.05) is 37.8 Å². The smallest absolute Gasteiger partial charge is 0.153 e. The van der Waals surface area contributed by atoms with Gasteiger partial charge in [-0.1, -0.05) is 12.2 Å². The molecular weight excluding hydrogens is 248 g/mol. The fourth-order valence-electron chi connectivity index (χ4n) is 1.82. The Morgan fingerprint density at radius 1 is 1.50 bits per heavy atom. The highest BCUT2D eigenvalue weighted by Gasteiger charge is 2.16. The predicted molar refractivity (Wildman–Crippen MR) is 75.0 cm³/mol. The second kappa shape index (κ2) is 4.77. The number of aryl methyl sites for hydroxylation is 3. The van der Waals surface area contributed by atoms with Gasteiger partial charge in [0.15, 0.2) is 5.82 Å². The molecule has 0 atom stereocenters. The SMILES string of the molecule is CCn1ccc(Nc2c(C(N)=S)c(C)nn2C)n1. The number of nitrogens with two attached hydrogens (primary N) is 1. The molecule has 7 heteroatoms. The Bertz CT molecular complexity index is 582. The minimum atomic E-state index is 0.332. The van der Waals surface area contributed by atoms with E-state index in [2.05, 4.69) is 15.5 Å². The maximum atomic E-state index is 5.73. The Labute approximate surface area is 111 Å². The summed E-state index contributed by atoms with van der Waals surface area (Å²) in [5.74, 6) is 1.51. The molecule has 0 aliphatic rings. The highest BCUT2D eigenvalue weighted by molar-refractivity contribution is 7.80. The van der Waals surface area contributed by atoms with Crippen LogP contribution < -0.4 is 11.1 Å². The highest BCUT2D eigenvalue weighted by atomic mass is 32.1. The van der Waals surface area contributed by atoms with Crippen LogP contribution in [0.4, 0.5) is 11.6 Å². The summed E-state index contributed by atoms with van der Waals surface area (Å²) in [7, 11) is 1.84. The van der Waals surface area contributed by atoms with Gasteiger partial charge in [-0.15, -0.1) is 0 Å². The molecule has 0 radical (unpaired) electrons. The molecule has 2 aromatic heterocycles. The Morgan fingerprint density at radius 2 is 2.22 bits per heavy atom. The van der Waals surface area contributed by atoms with E-state index in [1.165, 1.54) is 0 Å². The first-order valence-electron chi connectivity index (χ1n) is 5.66. The molecule has 2 rings (SSSR count). The van der Waals surface area contributed by atoms with E-state index >= 15 is 0 Å². The number of aromatic nitrogens is 4. The minimum absolute atomic E-state index is 0.332. The number of rotatable bonds is 4. The van der Waals surface area contributed by atoms with Crippen LogP contribution in [-0.4, -0.2) is 24.5 Å². The molecule has 0 aliphatic heterocycles. The van der Waals surface area contributed by atoms with Crippen molar-refractivity contribution in [3.8, 4) is 0 Å². The van der Waals surface area contributed by atoms with Crippen LogP contribution in [0.2, 0.25) is 0 Å². The predicted octanol–water partition coefficient (Wildman–Crippen LogP) is 1.32. The van der Waals surface area contributed by atoms with Crippen LogP contribution in [0.15, 0.2) is 12.3 Å². The molecule has 0 unspecified atom stereocenters. The third kappa shape index (κ3) is 2.21. The maximum Gasteiger partial charge on any atom is 0.153 e. The molecule has 2 heterocycles. The van der Waals surface area contributed by atoms with E-state index in [0.29, 0.717) is 4.99 Å². The number of hydrogen-bond donors (Lipinski definition) is 2. The lowest BCUT2D eigenvalue weighted by molar-refractivity contribution is 0.662. The van der Waals surface area contributed by atoms with Crippen LogP contribution in [0.1, 0.15) is 18.2 Å². The third-order valence-corrected chi connectivity index (χ3v) is 2.88. The first-order valence-corrected chi connectivity index (χ1v) is 6.07. The van der Waals surface area contributed by atoms with Crippen molar-refractivity contribution in [2.45, 2.75) is 20.4 Å². The van der Waals surface area contributed by atoms with Gasteiger partial charge >= 0.3 is 0 Å². The van der Waals surface area contributed by atoms with E-state index in [4.69, 9.17) is 18.0 Å². The van der Waals surface area contributed by atoms with Gasteiger partial charge in [0.1, 0.15) is 10.8 Å². The zero-order chi connectivity index (χ0) is 13.3. The van der Waals surface area contributed by atoms with Crippen LogP contribution in [0, 0.1) is 6.92 Å². The fraction of sp³-hybridized carbons (Fsp3) is 0.364. The summed E-state index contributed by atoms with van der Waals surface area (Å²) in [5, 5.41) is 11.9. The van der Waals surface area contributed by atoms with Crippen molar-refractivity contribution in [2.24, 2.45) is 12.8 Å². The van der Waals surface area contributed by atoms with E-state index in [0.717, 1.165) is 29.4 Å². The standard InChI is InChI=1S/C11H16N6S/c1-4-17-6-5-8(15-17)13-11-9(10(12)18)7(2)14-16(11)3/h5-6H,4H2,1-3H3,(H2,12,18)(H,13,15). The Morgan fingerprint density at radius 3 is 2.78 bits per heavy atom. The molecule has 96 valence electrons. The summed E-state index contributed by atoms with van der Waals surface area (Å²) in [6, 6.07) is 1.90. The van der Waals surface area contributed by atoms with Gasteiger partial charge in [0, 0.05) is 25.9 Å². The molecule has 0 saturated heterocycles. The van der Waals surface area contributed by atoms with Crippen LogP contribution in [-0.2, 0) is 13.6 Å². The van der Waals surface area contributed by atoms with E-state index in [1.54, 1.807) is 4.68 Å². The molecule has 0 aromatic carbocycles. The lowest BCUT2D eigenvalue weighted by Gasteiger charge is -2.06. The van der Waals surface area contributed by atoms with Crippen molar-refractivity contribution in [1.82, 2.24) is 19.6 Å². The summed E-state index contributed by atoms with van der Waals surface area (Å²) in [6.07, 6.45) is 1.91.